The molecule has 6 nitrogen and oxygen atoms in total. The Kier molecular flexibility index (Phi) is 7.06. The largest absolute Gasteiger partial charge is 0.372 e. The van der Waals surface area contributed by atoms with Crippen molar-refractivity contribution in [1.29, 1.82) is 0 Å². The van der Waals surface area contributed by atoms with Gasteiger partial charge in [0.1, 0.15) is 16.8 Å². The normalized spacial score (nSPS) is 18.5. The number of carbonyl (C=O) groups excluding carboxylic acids is 1. The van der Waals surface area contributed by atoms with Crippen LogP contribution >= 0.6 is 11.8 Å². The van der Waals surface area contributed by atoms with Gasteiger partial charge in [-0.15, -0.1) is 0 Å². The molecule has 2 rings (SSSR count). The van der Waals surface area contributed by atoms with Crippen molar-refractivity contribution in [1.82, 2.24) is 9.62 Å². The predicted molar refractivity (Wildman–Crippen MR) is 100 cm³/mol. The van der Waals surface area contributed by atoms with Crippen molar-refractivity contribution in [2.75, 3.05) is 31.7 Å². The van der Waals surface area contributed by atoms with Crippen molar-refractivity contribution in [3.05, 3.63) is 30.1 Å². The average molecular weight is 405 g/mol. The topological polar surface area (TPSA) is 75.7 Å². The van der Waals surface area contributed by atoms with Crippen LogP contribution in [0.3, 0.4) is 0 Å². The Morgan fingerprint density at radius 3 is 2.73 bits per heavy atom. The molecule has 1 aromatic carbocycles. The first-order valence-electron chi connectivity index (χ1n) is 8.35. The number of morpholine rings is 1. The summed E-state index contributed by atoms with van der Waals surface area (Å²) in [5.74, 6) is -0.553. The van der Waals surface area contributed by atoms with Gasteiger partial charge in [-0.1, -0.05) is 12.1 Å². The third-order valence-corrected chi connectivity index (χ3v) is 6.22. The SMILES string of the molecule is CSCCC(NS(=O)(=O)c1ccccc1F)C(=O)N1CCOC(C)(C)C1. The van der Waals surface area contributed by atoms with E-state index in [9.17, 15) is 17.6 Å². The number of sulfonamides is 1. The van der Waals surface area contributed by atoms with Gasteiger partial charge in [0.05, 0.1) is 12.2 Å². The number of thioether (sulfide) groups is 1. The lowest BCUT2D eigenvalue weighted by Gasteiger charge is -2.39. The number of nitrogens with zero attached hydrogens (tertiary/aromatic N) is 1. The highest BCUT2D eigenvalue weighted by molar-refractivity contribution is 7.98. The first kappa shape index (κ1) is 21.1. The Morgan fingerprint density at radius 2 is 2.12 bits per heavy atom. The summed E-state index contributed by atoms with van der Waals surface area (Å²) in [5.41, 5.74) is -0.484. The number of hydrogen-bond acceptors (Lipinski definition) is 5. The fourth-order valence-corrected chi connectivity index (χ4v) is 4.58. The number of halogens is 1. The van der Waals surface area contributed by atoms with Gasteiger partial charge in [0.2, 0.25) is 15.9 Å². The molecular formula is C17H25FN2O4S2. The molecule has 1 aliphatic rings. The van der Waals surface area contributed by atoms with Crippen LogP contribution in [0.25, 0.3) is 0 Å². The van der Waals surface area contributed by atoms with Gasteiger partial charge in [0.15, 0.2) is 0 Å². The van der Waals surface area contributed by atoms with Crippen LogP contribution in [0.5, 0.6) is 0 Å². The minimum Gasteiger partial charge on any atom is -0.372 e. The fraction of sp³-hybridized carbons (Fsp3) is 0.588. The summed E-state index contributed by atoms with van der Waals surface area (Å²) < 4.78 is 47.1. The Labute approximate surface area is 158 Å². The molecule has 0 bridgehead atoms. The number of nitrogens with one attached hydrogen (secondary N) is 1. The molecule has 26 heavy (non-hydrogen) atoms. The highest BCUT2D eigenvalue weighted by Gasteiger charge is 2.35. The fourth-order valence-electron chi connectivity index (χ4n) is 2.81. The molecule has 0 aliphatic carbocycles. The molecule has 1 N–H and O–H groups in total. The van der Waals surface area contributed by atoms with Crippen LogP contribution < -0.4 is 4.72 Å². The highest BCUT2D eigenvalue weighted by Crippen LogP contribution is 2.20. The molecule has 1 aliphatic heterocycles. The number of rotatable bonds is 7. The van der Waals surface area contributed by atoms with E-state index in [0.29, 0.717) is 31.9 Å². The molecule has 1 saturated heterocycles. The maximum absolute atomic E-state index is 13.9. The molecule has 0 saturated carbocycles. The molecule has 1 unspecified atom stereocenters. The van der Waals surface area contributed by atoms with E-state index in [4.69, 9.17) is 4.74 Å². The van der Waals surface area contributed by atoms with E-state index in [-0.39, 0.29) is 5.91 Å². The number of hydrogen-bond donors (Lipinski definition) is 1. The van der Waals surface area contributed by atoms with Crippen LogP contribution in [-0.4, -0.2) is 62.6 Å². The Morgan fingerprint density at radius 1 is 1.42 bits per heavy atom. The maximum Gasteiger partial charge on any atom is 0.244 e. The molecule has 1 fully saturated rings. The zero-order chi connectivity index (χ0) is 19.4. The summed E-state index contributed by atoms with van der Waals surface area (Å²) in [6.45, 7) is 4.94. The van der Waals surface area contributed by atoms with Crippen molar-refractivity contribution in [3.8, 4) is 0 Å². The van der Waals surface area contributed by atoms with Crippen molar-refractivity contribution < 1.29 is 22.3 Å². The zero-order valence-corrected chi connectivity index (χ0v) is 16.8. The van der Waals surface area contributed by atoms with Crippen LogP contribution in [0.15, 0.2) is 29.2 Å². The first-order chi connectivity index (χ1) is 12.2. The zero-order valence-electron chi connectivity index (χ0n) is 15.2. The summed E-state index contributed by atoms with van der Waals surface area (Å²) in [7, 11) is -4.15. The minimum absolute atomic E-state index is 0.310. The second kappa shape index (κ2) is 8.69. The standard InChI is InChI=1S/C17H25FN2O4S2/c1-17(2)12-20(9-10-24-17)16(21)14(8-11-25-3)19-26(22,23)15-7-5-4-6-13(15)18/h4-7,14,19H,8-12H2,1-3H3. The van der Waals surface area contributed by atoms with Gasteiger partial charge < -0.3 is 9.64 Å². The molecule has 0 radical (unpaired) electrons. The summed E-state index contributed by atoms with van der Waals surface area (Å²) in [5, 5.41) is 0. The number of carbonyl (C=O) groups is 1. The molecule has 1 amide bonds. The van der Waals surface area contributed by atoms with E-state index >= 15 is 0 Å². The lowest BCUT2D eigenvalue weighted by Crippen LogP contribution is -2.56. The quantitative estimate of drug-likeness (QED) is 0.751. The van der Waals surface area contributed by atoms with Gasteiger partial charge in [-0.2, -0.15) is 16.5 Å². The number of amides is 1. The summed E-state index contributed by atoms with van der Waals surface area (Å²) in [4.78, 5) is 14.1. The van der Waals surface area contributed by atoms with Crippen molar-refractivity contribution >= 4 is 27.7 Å². The van der Waals surface area contributed by atoms with Crippen molar-refractivity contribution in [2.24, 2.45) is 0 Å². The number of ether oxygens (including phenoxy) is 1. The van der Waals surface area contributed by atoms with Crippen LogP contribution in [0.2, 0.25) is 0 Å². The second-order valence-corrected chi connectivity index (χ2v) is 9.42. The third kappa shape index (κ3) is 5.42. The van der Waals surface area contributed by atoms with E-state index in [1.807, 2.05) is 20.1 Å². The average Bonchev–Trinajstić information content (AvgIpc) is 2.57. The number of benzene rings is 1. The van der Waals surface area contributed by atoms with E-state index < -0.39 is 32.4 Å². The molecule has 9 heteroatoms. The molecule has 0 spiro atoms. The summed E-state index contributed by atoms with van der Waals surface area (Å²) >= 11 is 1.51. The van der Waals surface area contributed by atoms with E-state index in [2.05, 4.69) is 4.72 Å². The molecule has 146 valence electrons. The van der Waals surface area contributed by atoms with Gasteiger partial charge in [-0.25, -0.2) is 12.8 Å². The van der Waals surface area contributed by atoms with Crippen LogP contribution in [-0.2, 0) is 19.6 Å². The Hall–Kier alpha value is -1.16. The maximum atomic E-state index is 13.9. The van der Waals surface area contributed by atoms with Gasteiger partial charge in [0, 0.05) is 13.1 Å². The molecule has 1 heterocycles. The molecule has 1 aromatic rings. The van der Waals surface area contributed by atoms with Crippen LogP contribution in [0, 0.1) is 5.82 Å². The lowest BCUT2D eigenvalue weighted by atomic mass is 10.1. The molecular weight excluding hydrogens is 379 g/mol. The van der Waals surface area contributed by atoms with Gasteiger partial charge in [0.25, 0.3) is 0 Å². The lowest BCUT2D eigenvalue weighted by molar-refractivity contribution is -0.147. The van der Waals surface area contributed by atoms with Gasteiger partial charge >= 0.3 is 0 Å². The summed E-state index contributed by atoms with van der Waals surface area (Å²) in [6, 6.07) is 4.19. The Bertz CT molecular complexity index is 740. The third-order valence-electron chi connectivity index (χ3n) is 4.07. The van der Waals surface area contributed by atoms with Crippen molar-refractivity contribution in [3.63, 3.8) is 0 Å². The minimum atomic E-state index is -4.15. The van der Waals surface area contributed by atoms with Crippen LogP contribution in [0.1, 0.15) is 20.3 Å². The Balaban J connectivity index is 2.21. The predicted octanol–water partition coefficient (Wildman–Crippen LogP) is 1.86. The van der Waals surface area contributed by atoms with Gasteiger partial charge in [-0.05, 0) is 44.4 Å². The first-order valence-corrected chi connectivity index (χ1v) is 11.2. The smallest absolute Gasteiger partial charge is 0.244 e. The summed E-state index contributed by atoms with van der Waals surface area (Å²) in [6.07, 6.45) is 2.20. The van der Waals surface area contributed by atoms with E-state index in [0.717, 1.165) is 6.07 Å². The second-order valence-electron chi connectivity index (χ2n) is 6.75. The molecule has 0 aromatic heterocycles. The monoisotopic (exact) mass is 404 g/mol. The van der Waals surface area contributed by atoms with Crippen molar-refractivity contribution in [2.45, 2.75) is 36.8 Å². The molecule has 1 atom stereocenters. The van der Waals surface area contributed by atoms with E-state index in [1.54, 1.807) is 4.90 Å². The van der Waals surface area contributed by atoms with Gasteiger partial charge in [-0.3, -0.25) is 4.79 Å². The highest BCUT2D eigenvalue weighted by atomic mass is 32.2. The van der Waals surface area contributed by atoms with E-state index in [1.165, 1.54) is 30.0 Å². The van der Waals surface area contributed by atoms with Crippen LogP contribution in [0.4, 0.5) is 4.39 Å².